The molecule has 1 aromatic rings. The summed E-state index contributed by atoms with van der Waals surface area (Å²) in [5, 5.41) is 11.5. The molecule has 0 aromatic heterocycles. The van der Waals surface area contributed by atoms with Crippen molar-refractivity contribution >= 4 is 5.84 Å². The lowest BCUT2D eigenvalue weighted by molar-refractivity contribution is 0.261. The van der Waals surface area contributed by atoms with Gasteiger partial charge in [0.25, 0.3) is 0 Å². The van der Waals surface area contributed by atoms with E-state index in [2.05, 4.69) is 5.16 Å². The monoisotopic (exact) mass is 270 g/mol. The summed E-state index contributed by atoms with van der Waals surface area (Å²) in [4.78, 5) is 0. The van der Waals surface area contributed by atoms with Gasteiger partial charge in [-0.3, -0.25) is 0 Å². The molecule has 1 rings (SSSR count). The first kappa shape index (κ1) is 14.7. The van der Waals surface area contributed by atoms with Crippen LogP contribution in [0.25, 0.3) is 0 Å². The highest BCUT2D eigenvalue weighted by Gasteiger charge is 2.16. The summed E-state index contributed by atoms with van der Waals surface area (Å²) < 4.78 is 21.1. The summed E-state index contributed by atoms with van der Waals surface area (Å²) in [6.07, 6.45) is -0.590. The fourth-order valence-corrected chi connectivity index (χ4v) is 1.47. The fraction of sp³-hybridized carbons (Fsp3) is 0.417. The minimum Gasteiger partial charge on any atom is -0.493 e. The maximum Gasteiger partial charge on any atom is 0.203 e. The standard InChI is InChI=1S/C12H18N2O5/c1-7(12(13)14-15)19-8-5-9(16-2)11(18-4)10(6-8)17-3/h5-7,15H,1-4H3,(H2,13,14). The number of rotatable bonds is 6. The molecule has 0 spiro atoms. The number of methoxy groups -OCH3 is 3. The summed E-state index contributed by atoms with van der Waals surface area (Å²) in [6, 6.07) is 3.25. The van der Waals surface area contributed by atoms with Crippen molar-refractivity contribution in [2.24, 2.45) is 10.9 Å². The Morgan fingerprint density at radius 3 is 2.05 bits per heavy atom. The second kappa shape index (κ2) is 6.58. The second-order valence-electron chi connectivity index (χ2n) is 3.65. The van der Waals surface area contributed by atoms with Gasteiger partial charge in [0.05, 0.1) is 21.3 Å². The van der Waals surface area contributed by atoms with Gasteiger partial charge >= 0.3 is 0 Å². The molecule has 1 atom stereocenters. The maximum atomic E-state index is 8.58. The molecule has 0 aliphatic heterocycles. The van der Waals surface area contributed by atoms with E-state index in [9.17, 15) is 0 Å². The van der Waals surface area contributed by atoms with E-state index in [-0.39, 0.29) is 5.84 Å². The third kappa shape index (κ3) is 3.34. The Morgan fingerprint density at radius 2 is 1.68 bits per heavy atom. The van der Waals surface area contributed by atoms with Crippen LogP contribution in [0.1, 0.15) is 6.92 Å². The molecule has 7 nitrogen and oxygen atoms in total. The third-order valence-corrected chi connectivity index (χ3v) is 2.48. The summed E-state index contributed by atoms with van der Waals surface area (Å²) in [5.41, 5.74) is 5.45. The number of nitrogens with two attached hydrogens (primary N) is 1. The number of amidine groups is 1. The third-order valence-electron chi connectivity index (χ3n) is 2.48. The highest BCUT2D eigenvalue weighted by Crippen LogP contribution is 2.40. The van der Waals surface area contributed by atoms with E-state index in [1.54, 1.807) is 19.1 Å². The zero-order valence-electron chi connectivity index (χ0n) is 11.3. The summed E-state index contributed by atoms with van der Waals surface area (Å²) in [5.74, 6) is 1.81. The molecule has 0 saturated carbocycles. The lowest BCUT2D eigenvalue weighted by atomic mass is 10.2. The van der Waals surface area contributed by atoms with Gasteiger partial charge in [-0.1, -0.05) is 5.16 Å². The predicted octanol–water partition coefficient (Wildman–Crippen LogP) is 1.23. The largest absolute Gasteiger partial charge is 0.493 e. The summed E-state index contributed by atoms with van der Waals surface area (Å²) in [7, 11) is 4.53. The van der Waals surface area contributed by atoms with E-state index in [1.807, 2.05) is 0 Å². The van der Waals surface area contributed by atoms with Gasteiger partial charge in [0.1, 0.15) is 5.75 Å². The highest BCUT2D eigenvalue weighted by atomic mass is 16.5. The minimum atomic E-state index is -0.590. The predicted molar refractivity (Wildman–Crippen MR) is 69.6 cm³/mol. The van der Waals surface area contributed by atoms with Gasteiger partial charge in [-0.25, -0.2) is 0 Å². The number of nitrogens with zero attached hydrogens (tertiary/aromatic N) is 1. The Labute approximate surface area is 111 Å². The van der Waals surface area contributed by atoms with Crippen LogP contribution in [0.5, 0.6) is 23.0 Å². The van der Waals surface area contributed by atoms with Crippen molar-refractivity contribution in [3.63, 3.8) is 0 Å². The normalized spacial score (nSPS) is 12.7. The quantitative estimate of drug-likeness (QED) is 0.349. The van der Waals surface area contributed by atoms with Crippen LogP contribution in [-0.4, -0.2) is 38.5 Å². The molecule has 0 saturated heterocycles. The molecular weight excluding hydrogens is 252 g/mol. The topological polar surface area (TPSA) is 95.5 Å². The number of hydrogen-bond acceptors (Lipinski definition) is 6. The van der Waals surface area contributed by atoms with Crippen LogP contribution in [0.15, 0.2) is 17.3 Å². The molecule has 0 heterocycles. The molecule has 106 valence electrons. The van der Waals surface area contributed by atoms with Gasteiger partial charge in [0.2, 0.25) is 5.75 Å². The molecule has 3 N–H and O–H groups in total. The van der Waals surface area contributed by atoms with Crippen LogP contribution in [0.3, 0.4) is 0 Å². The van der Waals surface area contributed by atoms with Gasteiger partial charge in [-0.15, -0.1) is 0 Å². The Balaban J connectivity index is 3.09. The van der Waals surface area contributed by atoms with Crippen LogP contribution in [0, 0.1) is 0 Å². The molecule has 1 aromatic carbocycles. The van der Waals surface area contributed by atoms with E-state index in [0.29, 0.717) is 23.0 Å². The SMILES string of the molecule is COc1cc(OC(C)/C(N)=N/O)cc(OC)c1OC. The van der Waals surface area contributed by atoms with E-state index in [1.165, 1.54) is 21.3 Å². The van der Waals surface area contributed by atoms with Crippen LogP contribution in [0.4, 0.5) is 0 Å². The van der Waals surface area contributed by atoms with Crippen molar-refractivity contribution in [3.8, 4) is 23.0 Å². The first-order valence-electron chi connectivity index (χ1n) is 5.51. The molecule has 0 amide bonds. The summed E-state index contributed by atoms with van der Waals surface area (Å²) in [6.45, 7) is 1.65. The van der Waals surface area contributed by atoms with Crippen molar-refractivity contribution in [1.82, 2.24) is 0 Å². The number of benzene rings is 1. The zero-order chi connectivity index (χ0) is 14.4. The Morgan fingerprint density at radius 1 is 1.16 bits per heavy atom. The molecule has 0 fully saturated rings. The zero-order valence-corrected chi connectivity index (χ0v) is 11.3. The molecule has 19 heavy (non-hydrogen) atoms. The molecule has 1 unspecified atom stereocenters. The van der Waals surface area contributed by atoms with Crippen LogP contribution in [0.2, 0.25) is 0 Å². The van der Waals surface area contributed by atoms with Gasteiger partial charge in [-0.05, 0) is 6.92 Å². The van der Waals surface area contributed by atoms with Gasteiger partial charge in [0, 0.05) is 12.1 Å². The van der Waals surface area contributed by atoms with Crippen molar-refractivity contribution in [2.75, 3.05) is 21.3 Å². The lowest BCUT2D eigenvalue weighted by Gasteiger charge is -2.17. The summed E-state index contributed by atoms with van der Waals surface area (Å²) >= 11 is 0. The lowest BCUT2D eigenvalue weighted by Crippen LogP contribution is -2.31. The highest BCUT2D eigenvalue weighted by molar-refractivity contribution is 5.84. The molecule has 0 aliphatic carbocycles. The Hall–Kier alpha value is -2.31. The van der Waals surface area contributed by atoms with Crippen LogP contribution < -0.4 is 24.7 Å². The van der Waals surface area contributed by atoms with E-state index < -0.39 is 6.10 Å². The molecular formula is C12H18N2O5. The van der Waals surface area contributed by atoms with Gasteiger partial charge < -0.3 is 29.9 Å². The van der Waals surface area contributed by atoms with Crippen LogP contribution in [-0.2, 0) is 0 Å². The number of ether oxygens (including phenoxy) is 4. The maximum absolute atomic E-state index is 8.58. The van der Waals surface area contributed by atoms with Crippen molar-refractivity contribution in [1.29, 1.82) is 0 Å². The van der Waals surface area contributed by atoms with E-state index in [0.717, 1.165) is 0 Å². The average molecular weight is 270 g/mol. The van der Waals surface area contributed by atoms with Gasteiger partial charge in [-0.2, -0.15) is 0 Å². The first-order chi connectivity index (χ1) is 9.07. The van der Waals surface area contributed by atoms with Gasteiger partial charge in [0.15, 0.2) is 23.4 Å². The van der Waals surface area contributed by atoms with Crippen molar-refractivity contribution in [2.45, 2.75) is 13.0 Å². The fourth-order valence-electron chi connectivity index (χ4n) is 1.47. The van der Waals surface area contributed by atoms with Crippen molar-refractivity contribution < 1.29 is 24.2 Å². The van der Waals surface area contributed by atoms with Crippen molar-refractivity contribution in [3.05, 3.63) is 12.1 Å². The van der Waals surface area contributed by atoms with E-state index in [4.69, 9.17) is 29.9 Å². The smallest absolute Gasteiger partial charge is 0.203 e. The minimum absolute atomic E-state index is 0.0336. The number of hydrogen-bond donors (Lipinski definition) is 2. The molecule has 0 aliphatic rings. The molecule has 0 radical (unpaired) electrons. The number of oxime groups is 1. The average Bonchev–Trinajstić information content (AvgIpc) is 2.44. The Bertz CT molecular complexity index is 436. The molecule has 7 heteroatoms. The first-order valence-corrected chi connectivity index (χ1v) is 5.51. The second-order valence-corrected chi connectivity index (χ2v) is 3.65. The van der Waals surface area contributed by atoms with E-state index >= 15 is 0 Å². The Kier molecular flexibility index (Phi) is 5.11. The molecule has 0 bridgehead atoms. The van der Waals surface area contributed by atoms with Crippen LogP contribution >= 0.6 is 0 Å².